The lowest BCUT2D eigenvalue weighted by atomic mass is 9.82. The van der Waals surface area contributed by atoms with Gasteiger partial charge in [-0.15, -0.1) is 0 Å². The average molecular weight is 444 g/mol. The lowest BCUT2D eigenvalue weighted by Crippen LogP contribution is -2.43. The second-order valence-electron chi connectivity index (χ2n) is 9.47. The Hall–Kier alpha value is -3.23. The summed E-state index contributed by atoms with van der Waals surface area (Å²) in [5.74, 6) is -0.139. The Morgan fingerprint density at radius 3 is 2.45 bits per heavy atom. The van der Waals surface area contributed by atoms with E-state index in [-0.39, 0.29) is 5.97 Å². The molecular formula is C28H33N3O2. The van der Waals surface area contributed by atoms with Gasteiger partial charge in [-0.3, -0.25) is 4.79 Å². The summed E-state index contributed by atoms with van der Waals surface area (Å²) in [5, 5.41) is 13.9. The quantitative estimate of drug-likeness (QED) is 0.431. The maximum Gasteiger partial charge on any atom is 0.313 e. The van der Waals surface area contributed by atoms with Gasteiger partial charge in [0.1, 0.15) is 5.60 Å². The molecule has 172 valence electrons. The average Bonchev–Trinajstić information content (AvgIpc) is 2.80. The monoisotopic (exact) mass is 443 g/mol. The van der Waals surface area contributed by atoms with Crippen molar-refractivity contribution in [3.8, 4) is 17.3 Å². The lowest BCUT2D eigenvalue weighted by molar-refractivity contribution is -0.168. The zero-order valence-corrected chi connectivity index (χ0v) is 20.2. The predicted octanol–water partition coefficient (Wildman–Crippen LogP) is 6.01. The van der Waals surface area contributed by atoms with Crippen molar-refractivity contribution in [2.24, 2.45) is 5.41 Å². The van der Waals surface area contributed by atoms with Crippen LogP contribution in [0.5, 0.6) is 0 Å². The van der Waals surface area contributed by atoms with Gasteiger partial charge >= 0.3 is 5.97 Å². The summed E-state index contributed by atoms with van der Waals surface area (Å²) >= 11 is 0. The van der Waals surface area contributed by atoms with Crippen molar-refractivity contribution >= 4 is 16.9 Å². The van der Waals surface area contributed by atoms with Crippen molar-refractivity contribution in [2.75, 3.05) is 6.54 Å². The molecule has 0 radical (unpaired) electrons. The van der Waals surface area contributed by atoms with E-state index in [1.165, 1.54) is 0 Å². The lowest BCUT2D eigenvalue weighted by Gasteiger charge is -2.33. The number of ether oxygens (including phenoxy) is 1. The van der Waals surface area contributed by atoms with E-state index >= 15 is 0 Å². The molecule has 1 aromatic heterocycles. The van der Waals surface area contributed by atoms with Crippen LogP contribution >= 0.6 is 0 Å². The van der Waals surface area contributed by atoms with Gasteiger partial charge in [0.05, 0.1) is 28.3 Å². The molecule has 0 unspecified atom stereocenters. The second kappa shape index (κ2) is 10.1. The van der Waals surface area contributed by atoms with Gasteiger partial charge in [0.15, 0.2) is 0 Å². The van der Waals surface area contributed by atoms with E-state index in [2.05, 4.69) is 23.5 Å². The molecule has 3 rings (SSSR count). The molecular weight excluding hydrogens is 410 g/mol. The van der Waals surface area contributed by atoms with Crippen molar-refractivity contribution in [3.05, 3.63) is 65.7 Å². The number of benzene rings is 2. The number of fused-ring (bicyclic) bond motifs is 1. The summed E-state index contributed by atoms with van der Waals surface area (Å²) in [6.07, 6.45) is 1.44. The highest BCUT2D eigenvalue weighted by atomic mass is 16.6. The van der Waals surface area contributed by atoms with Crippen LogP contribution in [0.4, 0.5) is 0 Å². The fourth-order valence-electron chi connectivity index (χ4n) is 3.93. The number of hydrogen-bond donors (Lipinski definition) is 1. The molecule has 0 aliphatic heterocycles. The molecule has 3 aromatic rings. The minimum atomic E-state index is -0.533. The highest BCUT2D eigenvalue weighted by molar-refractivity contribution is 5.83. The first-order valence-corrected chi connectivity index (χ1v) is 11.5. The molecule has 5 heteroatoms. The molecule has 0 aliphatic carbocycles. The van der Waals surface area contributed by atoms with Crippen LogP contribution in [0.15, 0.2) is 54.6 Å². The Balaban J connectivity index is 1.73. The number of carbonyl (C=O) groups excluding carboxylic acids is 1. The van der Waals surface area contributed by atoms with E-state index < -0.39 is 11.0 Å². The van der Waals surface area contributed by atoms with Gasteiger partial charge in [0.25, 0.3) is 0 Å². The summed E-state index contributed by atoms with van der Waals surface area (Å²) in [4.78, 5) is 17.6. The number of hydrogen-bond acceptors (Lipinski definition) is 5. The minimum Gasteiger partial charge on any atom is -0.460 e. The van der Waals surface area contributed by atoms with Gasteiger partial charge in [-0.05, 0) is 63.4 Å². The van der Waals surface area contributed by atoms with Crippen LogP contribution in [0.3, 0.4) is 0 Å². The molecule has 0 aliphatic rings. The van der Waals surface area contributed by atoms with Crippen LogP contribution in [-0.4, -0.2) is 23.1 Å². The molecule has 0 atom stereocenters. The zero-order chi connectivity index (χ0) is 24.1. The molecule has 2 aromatic carbocycles. The van der Waals surface area contributed by atoms with Crippen molar-refractivity contribution in [3.63, 3.8) is 0 Å². The number of nitrogens with zero attached hydrogens (tertiary/aromatic N) is 2. The first-order valence-electron chi connectivity index (χ1n) is 11.5. The third-order valence-corrected chi connectivity index (χ3v) is 6.06. The van der Waals surface area contributed by atoms with Crippen molar-refractivity contribution in [1.82, 2.24) is 10.3 Å². The third-order valence-electron chi connectivity index (χ3n) is 6.06. The van der Waals surface area contributed by atoms with E-state index in [0.29, 0.717) is 18.7 Å². The Bertz CT molecular complexity index is 1170. The van der Waals surface area contributed by atoms with Gasteiger partial charge in [0.2, 0.25) is 0 Å². The molecule has 5 nitrogen and oxygen atoms in total. The van der Waals surface area contributed by atoms with Crippen LogP contribution in [0.1, 0.15) is 58.6 Å². The first-order chi connectivity index (χ1) is 15.7. The largest absolute Gasteiger partial charge is 0.460 e. The molecule has 0 spiro atoms. The summed E-state index contributed by atoms with van der Waals surface area (Å²) < 4.78 is 5.70. The Morgan fingerprint density at radius 1 is 1.06 bits per heavy atom. The SMILES string of the molecule is CCC(CC)(CNCc1ccc2nc(-c3ccccc3C#N)ccc2c1)C(=O)OC(C)(C)C. The van der Waals surface area contributed by atoms with Crippen molar-refractivity contribution < 1.29 is 9.53 Å². The van der Waals surface area contributed by atoms with E-state index in [1.807, 2.05) is 71.0 Å². The third kappa shape index (κ3) is 5.77. The van der Waals surface area contributed by atoms with Gasteiger partial charge in [-0.1, -0.05) is 44.2 Å². The number of carbonyl (C=O) groups is 1. The molecule has 0 bridgehead atoms. The Labute approximate surface area is 196 Å². The van der Waals surface area contributed by atoms with Crippen molar-refractivity contribution in [2.45, 2.75) is 59.6 Å². The van der Waals surface area contributed by atoms with Crippen LogP contribution in [0.25, 0.3) is 22.2 Å². The van der Waals surface area contributed by atoms with E-state index in [9.17, 15) is 10.1 Å². The van der Waals surface area contributed by atoms with Crippen LogP contribution < -0.4 is 5.32 Å². The molecule has 0 saturated carbocycles. The molecule has 0 saturated heterocycles. The number of nitrogens with one attached hydrogen (secondary N) is 1. The summed E-state index contributed by atoms with van der Waals surface area (Å²) in [6.45, 7) is 11.0. The van der Waals surface area contributed by atoms with Crippen LogP contribution in [-0.2, 0) is 16.1 Å². The molecule has 1 N–H and O–H groups in total. The van der Waals surface area contributed by atoms with Crippen molar-refractivity contribution in [1.29, 1.82) is 5.26 Å². The van der Waals surface area contributed by atoms with E-state index in [1.54, 1.807) is 6.07 Å². The summed E-state index contributed by atoms with van der Waals surface area (Å²) in [6, 6.07) is 19.9. The Kier molecular flexibility index (Phi) is 7.50. The number of aromatic nitrogens is 1. The normalized spacial score (nSPS) is 11.9. The number of pyridine rings is 1. The zero-order valence-electron chi connectivity index (χ0n) is 20.2. The number of rotatable bonds is 8. The Morgan fingerprint density at radius 2 is 1.79 bits per heavy atom. The van der Waals surface area contributed by atoms with Gasteiger partial charge in [0, 0.05) is 24.0 Å². The number of nitriles is 1. The molecule has 33 heavy (non-hydrogen) atoms. The maximum atomic E-state index is 12.9. The first kappa shape index (κ1) is 24.4. The predicted molar refractivity (Wildman–Crippen MR) is 132 cm³/mol. The number of esters is 1. The highest BCUT2D eigenvalue weighted by Crippen LogP contribution is 2.30. The van der Waals surface area contributed by atoms with E-state index in [4.69, 9.17) is 9.72 Å². The molecule has 1 heterocycles. The second-order valence-corrected chi connectivity index (χ2v) is 9.47. The van der Waals surface area contributed by atoms with Gasteiger partial charge in [-0.25, -0.2) is 4.98 Å². The molecule has 0 amide bonds. The van der Waals surface area contributed by atoms with Crippen LogP contribution in [0.2, 0.25) is 0 Å². The standard InChI is InChI=1S/C28H33N3O2/c1-6-28(7-2,26(32)33-27(3,4)5)19-30-18-20-12-14-24-21(16-20)13-15-25(31-24)23-11-9-8-10-22(23)17-29/h8-16,30H,6-7,18-19H2,1-5H3. The van der Waals surface area contributed by atoms with E-state index in [0.717, 1.165) is 40.6 Å². The smallest absolute Gasteiger partial charge is 0.313 e. The highest BCUT2D eigenvalue weighted by Gasteiger charge is 2.38. The summed E-state index contributed by atoms with van der Waals surface area (Å²) in [5.41, 5.74) is 3.22. The van der Waals surface area contributed by atoms with Gasteiger partial charge in [-0.2, -0.15) is 5.26 Å². The maximum absolute atomic E-state index is 12.9. The van der Waals surface area contributed by atoms with Crippen LogP contribution in [0, 0.1) is 16.7 Å². The minimum absolute atomic E-state index is 0.139. The van der Waals surface area contributed by atoms with Gasteiger partial charge < -0.3 is 10.1 Å². The molecule has 0 fully saturated rings. The fraction of sp³-hybridized carbons (Fsp3) is 0.393. The summed E-state index contributed by atoms with van der Waals surface area (Å²) in [7, 11) is 0. The fourth-order valence-corrected chi connectivity index (χ4v) is 3.93. The topological polar surface area (TPSA) is 75.0 Å².